The first kappa shape index (κ1) is 17.2. The zero-order chi connectivity index (χ0) is 16.9. The fourth-order valence-electron chi connectivity index (χ4n) is 2.30. The first-order chi connectivity index (χ1) is 11.7. The monoisotopic (exact) mass is 406 g/mol. The summed E-state index contributed by atoms with van der Waals surface area (Å²) in [5, 5.41) is 10.4. The molecular weight excluding hydrogens is 391 g/mol. The molecule has 1 heterocycles. The Kier molecular flexibility index (Phi) is 5.71. The van der Waals surface area contributed by atoms with Gasteiger partial charge in [0.15, 0.2) is 5.16 Å². The van der Waals surface area contributed by atoms with Crippen LogP contribution in [0.25, 0.3) is 0 Å². The Bertz CT molecular complexity index is 803. The van der Waals surface area contributed by atoms with E-state index in [0.29, 0.717) is 6.54 Å². The Hall–Kier alpha value is -1.63. The van der Waals surface area contributed by atoms with Crippen molar-refractivity contribution in [2.45, 2.75) is 24.1 Å². The summed E-state index contributed by atoms with van der Waals surface area (Å²) in [7, 11) is 0. The van der Waals surface area contributed by atoms with Gasteiger partial charge in [-0.1, -0.05) is 52.0 Å². The molecule has 3 aromatic rings. The van der Waals surface area contributed by atoms with E-state index in [9.17, 15) is 9.50 Å². The molecule has 0 saturated carbocycles. The van der Waals surface area contributed by atoms with Gasteiger partial charge in [0.25, 0.3) is 0 Å². The number of hydrogen-bond acceptors (Lipinski definition) is 3. The van der Waals surface area contributed by atoms with Crippen molar-refractivity contribution in [2.75, 3.05) is 0 Å². The van der Waals surface area contributed by atoms with Crippen LogP contribution in [0.1, 0.15) is 16.8 Å². The summed E-state index contributed by atoms with van der Waals surface area (Å²) in [5.74, 6) is 0.537. The number of hydrogen-bond donors (Lipinski definition) is 1. The lowest BCUT2D eigenvalue weighted by atomic mass is 10.2. The molecule has 6 heteroatoms. The van der Waals surface area contributed by atoms with Crippen LogP contribution in [0.5, 0.6) is 0 Å². The van der Waals surface area contributed by atoms with Gasteiger partial charge in [0.2, 0.25) is 0 Å². The van der Waals surface area contributed by atoms with E-state index in [-0.39, 0.29) is 12.4 Å². The molecule has 0 aliphatic rings. The second-order valence-electron chi connectivity index (χ2n) is 5.32. The lowest BCUT2D eigenvalue weighted by molar-refractivity contribution is 0.270. The molecule has 0 atom stereocenters. The van der Waals surface area contributed by atoms with Gasteiger partial charge in [0.1, 0.15) is 5.82 Å². The highest BCUT2D eigenvalue weighted by molar-refractivity contribution is 9.10. The predicted molar refractivity (Wildman–Crippen MR) is 97.4 cm³/mol. The molecule has 1 aromatic heterocycles. The van der Waals surface area contributed by atoms with Gasteiger partial charge in [-0.25, -0.2) is 9.37 Å². The molecular formula is C18H16BrFN2OS. The molecule has 0 bridgehead atoms. The van der Waals surface area contributed by atoms with Crippen molar-refractivity contribution in [1.29, 1.82) is 0 Å². The van der Waals surface area contributed by atoms with Crippen molar-refractivity contribution >= 4 is 27.7 Å². The fourth-order valence-corrected chi connectivity index (χ4v) is 3.52. The Labute approximate surface area is 152 Å². The molecule has 2 aromatic carbocycles. The van der Waals surface area contributed by atoms with Crippen LogP contribution in [-0.2, 0) is 18.9 Å². The van der Waals surface area contributed by atoms with Crippen LogP contribution >= 0.6 is 27.7 Å². The SMILES string of the molecule is OCc1cnc(SCc2ccc(Br)cc2)n1Cc1ccc(F)cc1. The van der Waals surface area contributed by atoms with Crippen molar-refractivity contribution in [3.05, 3.63) is 81.8 Å². The lowest BCUT2D eigenvalue weighted by Crippen LogP contribution is -2.06. The Morgan fingerprint density at radius 1 is 1.04 bits per heavy atom. The van der Waals surface area contributed by atoms with Gasteiger partial charge in [-0.3, -0.25) is 0 Å². The van der Waals surface area contributed by atoms with Crippen molar-refractivity contribution in [2.24, 2.45) is 0 Å². The highest BCUT2D eigenvalue weighted by Gasteiger charge is 2.11. The normalized spacial score (nSPS) is 11.0. The van der Waals surface area contributed by atoms with E-state index >= 15 is 0 Å². The minimum absolute atomic E-state index is 0.0764. The van der Waals surface area contributed by atoms with Crippen LogP contribution in [0.15, 0.2) is 64.4 Å². The van der Waals surface area contributed by atoms with Crippen molar-refractivity contribution in [1.82, 2.24) is 9.55 Å². The fraction of sp³-hybridized carbons (Fsp3) is 0.167. The molecule has 0 aliphatic carbocycles. The van der Waals surface area contributed by atoms with E-state index in [1.54, 1.807) is 30.1 Å². The molecule has 0 radical (unpaired) electrons. The number of aromatic nitrogens is 2. The Morgan fingerprint density at radius 2 is 1.71 bits per heavy atom. The van der Waals surface area contributed by atoms with Gasteiger partial charge in [-0.2, -0.15) is 0 Å². The molecule has 0 saturated heterocycles. The Balaban J connectivity index is 1.76. The van der Waals surface area contributed by atoms with E-state index in [2.05, 4.69) is 33.0 Å². The molecule has 0 fully saturated rings. The number of aliphatic hydroxyl groups excluding tert-OH is 1. The van der Waals surface area contributed by atoms with Gasteiger partial charge < -0.3 is 9.67 Å². The minimum Gasteiger partial charge on any atom is -0.390 e. The van der Waals surface area contributed by atoms with Crippen molar-refractivity contribution in [3.8, 4) is 0 Å². The van der Waals surface area contributed by atoms with E-state index in [1.807, 2.05) is 16.7 Å². The number of rotatable bonds is 6. The molecule has 124 valence electrons. The van der Waals surface area contributed by atoms with Gasteiger partial charge >= 0.3 is 0 Å². The van der Waals surface area contributed by atoms with E-state index in [0.717, 1.165) is 26.6 Å². The van der Waals surface area contributed by atoms with Crippen molar-refractivity contribution < 1.29 is 9.50 Å². The van der Waals surface area contributed by atoms with Crippen LogP contribution in [0, 0.1) is 5.82 Å². The second kappa shape index (κ2) is 7.96. The number of aliphatic hydroxyl groups is 1. The molecule has 1 N–H and O–H groups in total. The van der Waals surface area contributed by atoms with Gasteiger partial charge in [0, 0.05) is 16.8 Å². The third-order valence-corrected chi connectivity index (χ3v) is 5.19. The Morgan fingerprint density at radius 3 is 2.38 bits per heavy atom. The highest BCUT2D eigenvalue weighted by atomic mass is 79.9. The zero-order valence-corrected chi connectivity index (χ0v) is 15.2. The molecule has 0 amide bonds. The first-order valence-corrected chi connectivity index (χ1v) is 9.20. The van der Waals surface area contributed by atoms with Crippen LogP contribution in [0.2, 0.25) is 0 Å². The molecule has 0 spiro atoms. The standard InChI is InChI=1S/C18H16BrFN2OS/c19-15-5-1-14(2-6-15)12-24-18-21-9-17(11-23)22(18)10-13-3-7-16(20)8-4-13/h1-9,23H,10-12H2. The summed E-state index contributed by atoms with van der Waals surface area (Å²) in [4.78, 5) is 4.42. The van der Waals surface area contributed by atoms with Crippen LogP contribution in [0.4, 0.5) is 4.39 Å². The number of halogens is 2. The maximum atomic E-state index is 13.1. The van der Waals surface area contributed by atoms with E-state index < -0.39 is 0 Å². The van der Waals surface area contributed by atoms with Crippen molar-refractivity contribution in [3.63, 3.8) is 0 Å². The first-order valence-electron chi connectivity index (χ1n) is 7.42. The summed E-state index contributed by atoms with van der Waals surface area (Å²) < 4.78 is 16.1. The summed E-state index contributed by atoms with van der Waals surface area (Å²) in [5.41, 5.74) is 2.91. The summed E-state index contributed by atoms with van der Waals surface area (Å²) in [6.45, 7) is 0.478. The number of benzene rings is 2. The number of thioether (sulfide) groups is 1. The lowest BCUT2D eigenvalue weighted by Gasteiger charge is -2.11. The van der Waals surface area contributed by atoms with Crippen LogP contribution in [-0.4, -0.2) is 14.7 Å². The maximum Gasteiger partial charge on any atom is 0.168 e. The quantitative estimate of drug-likeness (QED) is 0.607. The van der Waals surface area contributed by atoms with Gasteiger partial charge in [-0.15, -0.1) is 0 Å². The summed E-state index contributed by atoms with van der Waals surface area (Å²) >= 11 is 5.05. The van der Waals surface area contributed by atoms with Gasteiger partial charge in [0.05, 0.1) is 18.5 Å². The zero-order valence-electron chi connectivity index (χ0n) is 12.8. The average Bonchev–Trinajstić information content (AvgIpc) is 2.98. The third-order valence-electron chi connectivity index (χ3n) is 3.60. The molecule has 0 aliphatic heterocycles. The van der Waals surface area contributed by atoms with Gasteiger partial charge in [-0.05, 0) is 35.4 Å². The molecule has 3 rings (SSSR count). The minimum atomic E-state index is -0.253. The topological polar surface area (TPSA) is 38.1 Å². The summed E-state index contributed by atoms with van der Waals surface area (Å²) in [6.07, 6.45) is 1.69. The number of nitrogens with zero attached hydrogens (tertiary/aromatic N) is 2. The van der Waals surface area contributed by atoms with Crippen LogP contribution < -0.4 is 0 Å². The van der Waals surface area contributed by atoms with E-state index in [1.165, 1.54) is 17.7 Å². The largest absolute Gasteiger partial charge is 0.390 e. The third kappa shape index (κ3) is 4.26. The maximum absolute atomic E-state index is 13.1. The number of imidazole rings is 1. The second-order valence-corrected chi connectivity index (χ2v) is 7.18. The van der Waals surface area contributed by atoms with Crippen LogP contribution in [0.3, 0.4) is 0 Å². The van der Waals surface area contributed by atoms with E-state index in [4.69, 9.17) is 0 Å². The molecule has 24 heavy (non-hydrogen) atoms. The average molecular weight is 407 g/mol. The predicted octanol–water partition coefficient (Wildman–Crippen LogP) is 4.62. The molecule has 0 unspecified atom stereocenters. The summed E-state index contributed by atoms with van der Waals surface area (Å²) in [6, 6.07) is 14.5. The highest BCUT2D eigenvalue weighted by Crippen LogP contribution is 2.25. The molecule has 3 nitrogen and oxygen atoms in total. The smallest absolute Gasteiger partial charge is 0.168 e.